The number of alkyl carbamates (subject to hydrolysis) is 1. The number of hydrogen-bond acceptors (Lipinski definition) is 6. The minimum absolute atomic E-state index is 0.0445. The number of amides is 2. The molecule has 2 aromatic heterocycles. The Morgan fingerprint density at radius 3 is 2.55 bits per heavy atom. The van der Waals surface area contributed by atoms with Crippen LogP contribution in [0.5, 0.6) is 0 Å². The van der Waals surface area contributed by atoms with E-state index in [-0.39, 0.29) is 17.8 Å². The zero-order chi connectivity index (χ0) is 32.1. The van der Waals surface area contributed by atoms with Crippen LogP contribution in [0.15, 0.2) is 54.6 Å². The number of rotatable bonds is 6. The van der Waals surface area contributed by atoms with Gasteiger partial charge in [-0.3, -0.25) is 4.98 Å². The van der Waals surface area contributed by atoms with Crippen LogP contribution in [0.1, 0.15) is 98.3 Å². The maximum atomic E-state index is 13.6. The molecule has 1 atom stereocenters. The van der Waals surface area contributed by atoms with Crippen molar-refractivity contribution in [3.63, 3.8) is 0 Å². The molecule has 1 aromatic carbocycles. The predicted octanol–water partition coefficient (Wildman–Crippen LogP) is 7.71. The van der Waals surface area contributed by atoms with Crippen molar-refractivity contribution < 1.29 is 19.1 Å². The summed E-state index contributed by atoms with van der Waals surface area (Å²) in [5, 5.41) is 3.84. The number of aromatic nitrogens is 3. The third-order valence-corrected chi connectivity index (χ3v) is 10.8. The van der Waals surface area contributed by atoms with E-state index < -0.39 is 12.1 Å². The SMILES string of the molecule is Cn1cncc1C(NC(=O)OC1(C2CC2)CC1)C1=Cc2cccnc2C(=C2CCN(C(=O)OC3CCCC3)CC2)c2ccc(Cl)cc21. The maximum Gasteiger partial charge on any atom is 0.410 e. The monoisotopic (exact) mass is 653 g/mol. The van der Waals surface area contributed by atoms with Crippen LogP contribution >= 0.6 is 11.6 Å². The van der Waals surface area contributed by atoms with E-state index in [4.69, 9.17) is 26.1 Å². The van der Waals surface area contributed by atoms with Crippen molar-refractivity contribution in [1.82, 2.24) is 24.8 Å². The summed E-state index contributed by atoms with van der Waals surface area (Å²) in [6.07, 6.45) is 16.6. The molecule has 3 aromatic rings. The lowest BCUT2D eigenvalue weighted by Gasteiger charge is -2.31. The number of likely N-dealkylation sites (tertiary alicyclic amines) is 1. The average Bonchev–Trinajstić information content (AvgIpc) is 3.98. The molecule has 3 saturated carbocycles. The van der Waals surface area contributed by atoms with E-state index in [1.165, 1.54) is 5.57 Å². The van der Waals surface area contributed by atoms with Crippen molar-refractivity contribution in [3.05, 3.63) is 87.7 Å². The molecule has 0 radical (unpaired) electrons. The molecule has 1 N–H and O–H groups in total. The molecule has 1 saturated heterocycles. The van der Waals surface area contributed by atoms with Crippen LogP contribution in [0, 0.1) is 5.92 Å². The highest BCUT2D eigenvalue weighted by Gasteiger charge is 2.57. The van der Waals surface area contributed by atoms with E-state index >= 15 is 0 Å². The Balaban J connectivity index is 1.17. The van der Waals surface area contributed by atoms with E-state index in [2.05, 4.69) is 28.5 Å². The number of carbonyl (C=O) groups is 2. The van der Waals surface area contributed by atoms with Crippen LogP contribution in [0.25, 0.3) is 17.2 Å². The first kappa shape index (κ1) is 30.2. The summed E-state index contributed by atoms with van der Waals surface area (Å²) in [5.74, 6) is 0.475. The van der Waals surface area contributed by atoms with Gasteiger partial charge in [-0.1, -0.05) is 29.3 Å². The summed E-state index contributed by atoms with van der Waals surface area (Å²) in [7, 11) is 1.93. The van der Waals surface area contributed by atoms with Gasteiger partial charge in [0.05, 0.1) is 23.9 Å². The highest BCUT2D eigenvalue weighted by molar-refractivity contribution is 6.31. The fourth-order valence-corrected chi connectivity index (χ4v) is 7.91. The number of ether oxygens (including phenoxy) is 2. The van der Waals surface area contributed by atoms with Gasteiger partial charge >= 0.3 is 12.2 Å². The molecular formula is C37H40ClN5O4. The Kier molecular flexibility index (Phi) is 7.82. The van der Waals surface area contributed by atoms with Gasteiger partial charge in [0.1, 0.15) is 17.7 Å². The Morgan fingerprint density at radius 2 is 1.85 bits per heavy atom. The van der Waals surface area contributed by atoms with Gasteiger partial charge in [0.25, 0.3) is 0 Å². The number of nitrogens with zero attached hydrogens (tertiary/aromatic N) is 4. The molecule has 0 bridgehead atoms. The van der Waals surface area contributed by atoms with Crippen LogP contribution in [0.4, 0.5) is 9.59 Å². The number of carbonyl (C=O) groups excluding carboxylic acids is 2. The minimum Gasteiger partial charge on any atom is -0.446 e. The fourth-order valence-electron chi connectivity index (χ4n) is 7.73. The first-order valence-electron chi connectivity index (χ1n) is 17.0. The number of hydrogen-bond donors (Lipinski definition) is 1. The first-order chi connectivity index (χ1) is 22.9. The van der Waals surface area contributed by atoms with Gasteiger partial charge in [0.2, 0.25) is 0 Å². The molecule has 1 aliphatic heterocycles. The first-order valence-corrected chi connectivity index (χ1v) is 17.4. The normalized spacial score (nSPS) is 20.9. The molecule has 2 amide bonds. The van der Waals surface area contributed by atoms with E-state index in [1.54, 1.807) is 12.5 Å². The second-order valence-electron chi connectivity index (χ2n) is 13.7. The molecule has 47 heavy (non-hydrogen) atoms. The second-order valence-corrected chi connectivity index (χ2v) is 14.2. The Morgan fingerprint density at radius 1 is 1.06 bits per heavy atom. The largest absolute Gasteiger partial charge is 0.446 e. The highest BCUT2D eigenvalue weighted by Crippen LogP contribution is 2.56. The number of imidazole rings is 1. The summed E-state index contributed by atoms with van der Waals surface area (Å²) < 4.78 is 13.9. The molecule has 5 aliphatic rings. The van der Waals surface area contributed by atoms with E-state index in [0.717, 1.165) is 90.6 Å². The van der Waals surface area contributed by atoms with Crippen LogP contribution in [0.3, 0.4) is 0 Å². The molecule has 244 valence electrons. The number of halogens is 1. The van der Waals surface area contributed by atoms with Gasteiger partial charge in [0.15, 0.2) is 0 Å². The van der Waals surface area contributed by atoms with Gasteiger partial charge in [0, 0.05) is 42.5 Å². The summed E-state index contributed by atoms with van der Waals surface area (Å²) in [6, 6.07) is 9.39. The van der Waals surface area contributed by atoms with Crippen LogP contribution < -0.4 is 5.32 Å². The van der Waals surface area contributed by atoms with Crippen molar-refractivity contribution in [2.45, 2.75) is 82.0 Å². The zero-order valence-corrected chi connectivity index (χ0v) is 27.5. The standard InChI is InChI=1S/C37H40ClN5O4/c1-42-22-39-21-31(42)34(41-35(44)47-37(14-15-37)25-8-9-25)30-19-24-5-4-16-40-33(24)32(28-11-10-26(38)20-29(28)30)23-12-17-43(18-13-23)36(45)46-27-6-2-3-7-27/h4-5,10-11,16,19-22,25,27,34H,2-3,6-9,12-15,17-18H2,1H3,(H,41,44). The molecule has 3 heterocycles. The number of piperidine rings is 1. The quantitative estimate of drug-likeness (QED) is 0.293. The molecule has 1 unspecified atom stereocenters. The average molecular weight is 654 g/mol. The second kappa shape index (κ2) is 12.2. The van der Waals surface area contributed by atoms with Crippen LogP contribution in [-0.4, -0.2) is 56.4 Å². The third-order valence-electron chi connectivity index (χ3n) is 10.6. The van der Waals surface area contributed by atoms with Gasteiger partial charge in [-0.2, -0.15) is 0 Å². The molecule has 4 aliphatic carbocycles. The number of aryl methyl sites for hydroxylation is 1. The topological polar surface area (TPSA) is 98.6 Å². The zero-order valence-electron chi connectivity index (χ0n) is 26.7. The van der Waals surface area contributed by atoms with Crippen molar-refractivity contribution in [2.75, 3.05) is 13.1 Å². The molecule has 0 spiro atoms. The molecule has 4 fully saturated rings. The van der Waals surface area contributed by atoms with E-state index in [1.807, 2.05) is 40.9 Å². The highest BCUT2D eigenvalue weighted by atomic mass is 35.5. The summed E-state index contributed by atoms with van der Waals surface area (Å²) in [5.41, 5.74) is 7.40. The number of nitrogens with one attached hydrogen (secondary N) is 1. The van der Waals surface area contributed by atoms with E-state index in [0.29, 0.717) is 36.9 Å². The lowest BCUT2D eigenvalue weighted by Crippen LogP contribution is -2.38. The Labute approximate surface area is 280 Å². The van der Waals surface area contributed by atoms with Gasteiger partial charge in [-0.25, -0.2) is 14.6 Å². The maximum absolute atomic E-state index is 13.6. The molecular weight excluding hydrogens is 614 g/mol. The van der Waals surface area contributed by atoms with E-state index in [9.17, 15) is 9.59 Å². The number of benzene rings is 1. The lowest BCUT2D eigenvalue weighted by atomic mass is 9.86. The van der Waals surface area contributed by atoms with Crippen molar-refractivity contribution in [2.24, 2.45) is 13.0 Å². The predicted molar refractivity (Wildman–Crippen MR) is 179 cm³/mol. The molecule has 8 rings (SSSR count). The molecule has 9 nitrogen and oxygen atoms in total. The Hall–Kier alpha value is -4.11. The lowest BCUT2D eigenvalue weighted by molar-refractivity contribution is 0.0632. The van der Waals surface area contributed by atoms with Crippen LogP contribution in [0.2, 0.25) is 5.02 Å². The number of fused-ring (bicyclic) bond motifs is 2. The van der Waals surface area contributed by atoms with Crippen LogP contribution in [-0.2, 0) is 16.5 Å². The smallest absolute Gasteiger partial charge is 0.410 e. The van der Waals surface area contributed by atoms with Gasteiger partial charge in [-0.05, 0) is 111 Å². The summed E-state index contributed by atoms with van der Waals surface area (Å²) in [4.78, 5) is 37.8. The Bertz CT molecular complexity index is 1770. The fraction of sp³-hybridized carbons (Fsp3) is 0.459. The summed E-state index contributed by atoms with van der Waals surface area (Å²) >= 11 is 6.72. The van der Waals surface area contributed by atoms with Gasteiger partial charge in [-0.15, -0.1) is 0 Å². The van der Waals surface area contributed by atoms with Crippen molar-refractivity contribution >= 4 is 41.0 Å². The number of pyridine rings is 1. The van der Waals surface area contributed by atoms with Crippen molar-refractivity contribution in [1.29, 1.82) is 0 Å². The summed E-state index contributed by atoms with van der Waals surface area (Å²) in [6.45, 7) is 1.17. The van der Waals surface area contributed by atoms with Gasteiger partial charge < -0.3 is 24.3 Å². The van der Waals surface area contributed by atoms with Crippen molar-refractivity contribution in [3.8, 4) is 0 Å². The third kappa shape index (κ3) is 5.94. The minimum atomic E-state index is -0.563. The molecule has 10 heteroatoms.